The molecule has 1 heterocycles. The largest absolute Gasteiger partial charge is 0.461 e. The Bertz CT molecular complexity index is 1070. The molecule has 6 nitrogen and oxygen atoms in total. The Kier molecular flexibility index (Phi) is 7.18. The van der Waals surface area contributed by atoms with Crippen LogP contribution >= 0.6 is 0 Å². The molecule has 0 bridgehead atoms. The molecule has 3 rings (SSSR count). The number of carbonyl (C=O) groups excluding carboxylic acids is 2. The van der Waals surface area contributed by atoms with Crippen LogP contribution in [0.2, 0.25) is 0 Å². The van der Waals surface area contributed by atoms with Crippen LogP contribution in [-0.4, -0.2) is 28.3 Å². The Balaban J connectivity index is 2.04. The number of ether oxygens (including phenoxy) is 1. The van der Waals surface area contributed by atoms with Crippen molar-refractivity contribution in [2.75, 3.05) is 11.9 Å². The number of aromatic nitrogens is 2. The summed E-state index contributed by atoms with van der Waals surface area (Å²) in [5, 5.41) is 7.24. The number of amides is 1. The number of esters is 1. The number of carbonyl (C=O) groups is 2. The molecule has 0 fully saturated rings. The first-order valence-corrected chi connectivity index (χ1v) is 10.4. The average molecular weight is 423 g/mol. The molecule has 0 aliphatic rings. The summed E-state index contributed by atoms with van der Waals surface area (Å²) in [7, 11) is 0. The summed E-state index contributed by atoms with van der Waals surface area (Å²) in [6.07, 6.45) is 1.51. The Morgan fingerprint density at radius 3 is 2.48 bits per heavy atom. The number of benzene rings is 2. The van der Waals surface area contributed by atoms with Gasteiger partial charge in [-0.15, -0.1) is 0 Å². The molecule has 0 unspecified atom stereocenters. The molecule has 31 heavy (non-hydrogen) atoms. The second-order valence-electron chi connectivity index (χ2n) is 7.08. The van der Waals surface area contributed by atoms with Crippen LogP contribution in [-0.2, 0) is 9.53 Å². The van der Waals surface area contributed by atoms with Crippen molar-refractivity contribution in [3.05, 3.63) is 66.1 Å². The van der Waals surface area contributed by atoms with Crippen molar-refractivity contribution >= 4 is 17.6 Å². The lowest BCUT2D eigenvalue weighted by atomic mass is 10.0. The fourth-order valence-corrected chi connectivity index (χ4v) is 3.36. The first-order valence-electron chi connectivity index (χ1n) is 10.4. The average Bonchev–Trinajstić information content (AvgIpc) is 3.21. The van der Waals surface area contributed by atoms with Crippen molar-refractivity contribution in [3.63, 3.8) is 0 Å². The zero-order valence-electron chi connectivity index (χ0n) is 17.9. The van der Waals surface area contributed by atoms with Crippen LogP contribution in [0.4, 0.5) is 10.1 Å². The second kappa shape index (κ2) is 10.0. The highest BCUT2D eigenvalue weighted by atomic mass is 19.1. The van der Waals surface area contributed by atoms with Gasteiger partial charge in [-0.25, -0.2) is 13.9 Å². The SMILES string of the molecule is CCOC(=O)c1cc(-c2cccc(NC(=O)C(CC)CC)c2)n(-c2ccccc2F)n1. The molecule has 3 aromatic rings. The van der Waals surface area contributed by atoms with E-state index in [9.17, 15) is 14.0 Å². The third-order valence-electron chi connectivity index (χ3n) is 5.06. The Morgan fingerprint density at radius 2 is 1.81 bits per heavy atom. The zero-order valence-corrected chi connectivity index (χ0v) is 17.9. The van der Waals surface area contributed by atoms with E-state index < -0.39 is 11.8 Å². The topological polar surface area (TPSA) is 73.2 Å². The lowest BCUT2D eigenvalue weighted by molar-refractivity contribution is -0.120. The van der Waals surface area contributed by atoms with Gasteiger partial charge >= 0.3 is 5.97 Å². The zero-order chi connectivity index (χ0) is 22.4. The quantitative estimate of drug-likeness (QED) is 0.504. The molecule has 0 aliphatic carbocycles. The maximum Gasteiger partial charge on any atom is 0.358 e. The Hall–Kier alpha value is -3.48. The Labute approximate surface area is 181 Å². The molecule has 0 spiro atoms. The van der Waals surface area contributed by atoms with Crippen molar-refractivity contribution in [2.45, 2.75) is 33.6 Å². The maximum absolute atomic E-state index is 14.5. The molecular formula is C24H26FN3O3. The van der Waals surface area contributed by atoms with Gasteiger partial charge < -0.3 is 10.1 Å². The third kappa shape index (κ3) is 4.99. The van der Waals surface area contributed by atoms with E-state index in [2.05, 4.69) is 10.4 Å². The highest BCUT2D eigenvalue weighted by Gasteiger charge is 2.20. The minimum absolute atomic E-state index is 0.0445. The number of hydrogen-bond acceptors (Lipinski definition) is 4. The minimum Gasteiger partial charge on any atom is -0.461 e. The van der Waals surface area contributed by atoms with Crippen molar-refractivity contribution in [1.82, 2.24) is 9.78 Å². The molecular weight excluding hydrogens is 397 g/mol. The molecule has 0 aliphatic heterocycles. The van der Waals surface area contributed by atoms with Gasteiger partial charge in [-0.1, -0.05) is 38.1 Å². The van der Waals surface area contributed by atoms with Gasteiger partial charge in [-0.2, -0.15) is 5.10 Å². The van der Waals surface area contributed by atoms with Crippen molar-refractivity contribution in [3.8, 4) is 16.9 Å². The number of halogens is 1. The fourth-order valence-electron chi connectivity index (χ4n) is 3.36. The maximum atomic E-state index is 14.5. The molecule has 1 aromatic heterocycles. The lowest BCUT2D eigenvalue weighted by Crippen LogP contribution is -2.21. The highest BCUT2D eigenvalue weighted by molar-refractivity contribution is 5.93. The first-order chi connectivity index (χ1) is 15.0. The fraction of sp³-hybridized carbons (Fsp3) is 0.292. The van der Waals surface area contributed by atoms with Gasteiger partial charge in [0, 0.05) is 17.2 Å². The molecule has 0 radical (unpaired) electrons. The van der Waals surface area contributed by atoms with Gasteiger partial charge in [0.2, 0.25) is 5.91 Å². The molecule has 1 N–H and O–H groups in total. The molecule has 7 heteroatoms. The summed E-state index contributed by atoms with van der Waals surface area (Å²) in [6.45, 7) is 5.87. The monoisotopic (exact) mass is 423 g/mol. The molecule has 0 saturated heterocycles. The van der Waals surface area contributed by atoms with E-state index in [1.165, 1.54) is 10.7 Å². The summed E-state index contributed by atoms with van der Waals surface area (Å²) < 4.78 is 21.0. The predicted molar refractivity (Wildman–Crippen MR) is 118 cm³/mol. The van der Waals surface area contributed by atoms with Crippen LogP contribution in [0, 0.1) is 11.7 Å². The third-order valence-corrected chi connectivity index (χ3v) is 5.06. The van der Waals surface area contributed by atoms with Crippen LogP contribution in [0.3, 0.4) is 0 Å². The summed E-state index contributed by atoms with van der Waals surface area (Å²) in [4.78, 5) is 24.7. The normalized spacial score (nSPS) is 10.9. The van der Waals surface area contributed by atoms with Crippen molar-refractivity contribution < 1.29 is 18.7 Å². The summed E-state index contributed by atoms with van der Waals surface area (Å²) >= 11 is 0. The smallest absolute Gasteiger partial charge is 0.358 e. The van der Waals surface area contributed by atoms with Gasteiger partial charge in [0.1, 0.15) is 11.5 Å². The molecule has 0 atom stereocenters. The van der Waals surface area contributed by atoms with Gasteiger partial charge in [-0.3, -0.25) is 4.79 Å². The molecule has 162 valence electrons. The standard InChI is InChI=1S/C24H26FN3O3/c1-4-16(5-2)23(29)26-18-11-9-10-17(14-18)22-15-20(24(30)31-6-3)27-28(22)21-13-8-7-12-19(21)25/h7-16H,4-6H2,1-3H3,(H,26,29). The van der Waals surface area contributed by atoms with E-state index in [0.717, 1.165) is 12.8 Å². The summed E-state index contributed by atoms with van der Waals surface area (Å²) in [5.74, 6) is -1.17. The number of nitrogens with one attached hydrogen (secondary N) is 1. The van der Waals surface area contributed by atoms with Gasteiger partial charge in [0.05, 0.1) is 12.3 Å². The molecule has 2 aromatic carbocycles. The van der Waals surface area contributed by atoms with E-state index in [1.54, 1.807) is 49.4 Å². The van der Waals surface area contributed by atoms with Crippen LogP contribution in [0.5, 0.6) is 0 Å². The van der Waals surface area contributed by atoms with Crippen LogP contribution in [0.15, 0.2) is 54.6 Å². The number of rotatable bonds is 8. The summed E-state index contributed by atoms with van der Waals surface area (Å²) in [5.41, 5.74) is 2.08. The summed E-state index contributed by atoms with van der Waals surface area (Å²) in [6, 6.07) is 14.9. The molecule has 1 amide bonds. The van der Waals surface area contributed by atoms with Crippen LogP contribution in [0.25, 0.3) is 16.9 Å². The van der Waals surface area contributed by atoms with E-state index in [-0.39, 0.29) is 29.8 Å². The van der Waals surface area contributed by atoms with Crippen LogP contribution < -0.4 is 5.32 Å². The molecule has 0 saturated carbocycles. The van der Waals surface area contributed by atoms with E-state index >= 15 is 0 Å². The second-order valence-corrected chi connectivity index (χ2v) is 7.08. The minimum atomic E-state index is -0.586. The number of anilines is 1. The number of hydrogen-bond donors (Lipinski definition) is 1. The van der Waals surface area contributed by atoms with Gasteiger partial charge in [-0.05, 0) is 50.1 Å². The predicted octanol–water partition coefficient (Wildman–Crippen LogP) is 5.23. The van der Waals surface area contributed by atoms with E-state index in [0.29, 0.717) is 16.9 Å². The van der Waals surface area contributed by atoms with E-state index in [4.69, 9.17) is 4.74 Å². The van der Waals surface area contributed by atoms with Gasteiger partial charge in [0.15, 0.2) is 5.69 Å². The highest BCUT2D eigenvalue weighted by Crippen LogP contribution is 2.28. The first kappa shape index (κ1) is 22.2. The number of para-hydroxylation sites is 1. The van der Waals surface area contributed by atoms with Gasteiger partial charge in [0.25, 0.3) is 0 Å². The van der Waals surface area contributed by atoms with E-state index in [1.807, 2.05) is 19.9 Å². The Morgan fingerprint density at radius 1 is 1.06 bits per heavy atom. The van der Waals surface area contributed by atoms with Crippen molar-refractivity contribution in [1.29, 1.82) is 0 Å². The lowest BCUT2D eigenvalue weighted by Gasteiger charge is -2.14. The van der Waals surface area contributed by atoms with Crippen molar-refractivity contribution in [2.24, 2.45) is 5.92 Å². The van der Waals surface area contributed by atoms with Crippen LogP contribution in [0.1, 0.15) is 44.1 Å². The number of nitrogens with zero attached hydrogens (tertiary/aromatic N) is 2.